The van der Waals surface area contributed by atoms with Crippen LogP contribution in [-0.4, -0.2) is 37.2 Å². The molecule has 56 heavy (non-hydrogen) atoms. The van der Waals surface area contributed by atoms with E-state index in [9.17, 15) is 14.4 Å². The van der Waals surface area contributed by atoms with E-state index in [-0.39, 0.29) is 31.1 Å². The van der Waals surface area contributed by atoms with Gasteiger partial charge in [0.1, 0.15) is 13.2 Å². The third-order valence-electron chi connectivity index (χ3n) is 10.0. The predicted molar refractivity (Wildman–Crippen MR) is 238 cm³/mol. The fourth-order valence-electron chi connectivity index (χ4n) is 6.40. The number of rotatable bonds is 42. The first-order valence-electron chi connectivity index (χ1n) is 23.6. The molecule has 0 aliphatic rings. The van der Waals surface area contributed by atoms with Crippen molar-refractivity contribution in [3.8, 4) is 0 Å². The summed E-state index contributed by atoms with van der Waals surface area (Å²) < 4.78 is 16.7. The second-order valence-electron chi connectivity index (χ2n) is 15.7. The number of carbonyl (C=O) groups excluding carboxylic acids is 3. The normalized spacial score (nSPS) is 12.4. The molecular weight excluding hydrogens is 697 g/mol. The van der Waals surface area contributed by atoms with E-state index in [4.69, 9.17) is 14.2 Å². The van der Waals surface area contributed by atoms with Crippen molar-refractivity contribution in [3.63, 3.8) is 0 Å². The van der Waals surface area contributed by atoms with Gasteiger partial charge in [0.25, 0.3) is 0 Å². The fourth-order valence-corrected chi connectivity index (χ4v) is 6.40. The minimum absolute atomic E-state index is 0.0857. The predicted octanol–water partition coefficient (Wildman–Crippen LogP) is 15.1. The average Bonchev–Trinajstić information content (AvgIpc) is 3.19. The summed E-state index contributed by atoms with van der Waals surface area (Å²) in [5.74, 6) is -0.918. The lowest BCUT2D eigenvalue weighted by Gasteiger charge is -2.18. The monoisotopic (exact) mass is 785 g/mol. The molecule has 0 rings (SSSR count). The molecule has 6 nitrogen and oxygen atoms in total. The zero-order chi connectivity index (χ0) is 40.8. The number of hydrogen-bond donors (Lipinski definition) is 0. The van der Waals surface area contributed by atoms with Crippen LogP contribution in [0.4, 0.5) is 0 Å². The van der Waals surface area contributed by atoms with Gasteiger partial charge in [-0.05, 0) is 89.9 Å². The highest BCUT2D eigenvalue weighted by Gasteiger charge is 2.19. The van der Waals surface area contributed by atoms with Gasteiger partial charge in [-0.2, -0.15) is 0 Å². The largest absolute Gasteiger partial charge is 0.462 e. The number of esters is 3. The van der Waals surface area contributed by atoms with Gasteiger partial charge in [-0.3, -0.25) is 14.4 Å². The van der Waals surface area contributed by atoms with Crippen molar-refractivity contribution in [2.24, 2.45) is 0 Å². The summed E-state index contributed by atoms with van der Waals surface area (Å²) >= 11 is 0. The van der Waals surface area contributed by atoms with Crippen molar-refractivity contribution in [1.82, 2.24) is 0 Å². The van der Waals surface area contributed by atoms with E-state index in [0.29, 0.717) is 19.3 Å². The first-order valence-corrected chi connectivity index (χ1v) is 23.6. The molecule has 0 heterocycles. The molecule has 0 aromatic heterocycles. The number of allylic oxidation sites excluding steroid dienone is 8. The molecule has 0 N–H and O–H groups in total. The summed E-state index contributed by atoms with van der Waals surface area (Å²) in [5.41, 5.74) is 0. The molecule has 0 amide bonds. The summed E-state index contributed by atoms with van der Waals surface area (Å²) in [4.78, 5) is 37.8. The van der Waals surface area contributed by atoms with Crippen LogP contribution in [0, 0.1) is 0 Å². The van der Waals surface area contributed by atoms with Crippen LogP contribution in [0.5, 0.6) is 0 Å². The molecule has 324 valence electrons. The molecule has 0 saturated carbocycles. The molecule has 0 radical (unpaired) electrons. The summed E-state index contributed by atoms with van der Waals surface area (Å²) in [7, 11) is 0. The van der Waals surface area contributed by atoms with Crippen LogP contribution in [0.25, 0.3) is 0 Å². The Labute approximate surface area is 346 Å². The molecule has 0 aliphatic heterocycles. The zero-order valence-electron chi connectivity index (χ0n) is 36.9. The van der Waals surface area contributed by atoms with Crippen molar-refractivity contribution in [3.05, 3.63) is 48.6 Å². The van der Waals surface area contributed by atoms with Crippen molar-refractivity contribution in [1.29, 1.82) is 0 Å². The van der Waals surface area contributed by atoms with E-state index in [1.165, 1.54) is 89.9 Å². The number of ether oxygens (including phenoxy) is 3. The molecule has 0 aromatic carbocycles. The molecule has 0 spiro atoms. The lowest BCUT2D eigenvalue weighted by molar-refractivity contribution is -0.167. The number of unbranched alkanes of at least 4 members (excludes halogenated alkanes) is 23. The Kier molecular flexibility index (Phi) is 43.0. The standard InChI is InChI=1S/C50H88O6/c1-4-7-10-13-16-19-22-24-26-28-31-34-37-40-43-49(52)55-46-47(45-54-48(51)42-39-36-33-30-27-21-18-15-12-9-6-3)56-50(53)44-41-38-35-32-29-25-23-20-17-14-11-8-5-2/h11,14-15,18,20,22-24,47H,4-10,12-13,16-17,19,21,25-46H2,1-3H3/b14-11-,18-15-,23-20-,24-22-. The quantitative estimate of drug-likeness (QED) is 0.0265. The van der Waals surface area contributed by atoms with E-state index in [1.54, 1.807) is 0 Å². The van der Waals surface area contributed by atoms with E-state index in [1.807, 2.05) is 0 Å². The van der Waals surface area contributed by atoms with Gasteiger partial charge in [0.2, 0.25) is 0 Å². The molecule has 0 bridgehead atoms. The van der Waals surface area contributed by atoms with Crippen LogP contribution in [0.15, 0.2) is 48.6 Å². The highest BCUT2D eigenvalue weighted by molar-refractivity contribution is 5.71. The van der Waals surface area contributed by atoms with E-state index in [2.05, 4.69) is 69.4 Å². The molecular formula is C50H88O6. The lowest BCUT2D eigenvalue weighted by Crippen LogP contribution is -2.30. The highest BCUT2D eigenvalue weighted by Crippen LogP contribution is 2.13. The van der Waals surface area contributed by atoms with Crippen LogP contribution in [-0.2, 0) is 28.6 Å². The van der Waals surface area contributed by atoms with Crippen LogP contribution < -0.4 is 0 Å². The van der Waals surface area contributed by atoms with E-state index >= 15 is 0 Å². The highest BCUT2D eigenvalue weighted by atomic mass is 16.6. The fraction of sp³-hybridized carbons (Fsp3) is 0.780. The summed E-state index contributed by atoms with van der Waals surface area (Å²) in [6.45, 7) is 6.49. The Morgan fingerprint density at radius 2 is 0.696 bits per heavy atom. The average molecular weight is 785 g/mol. The second kappa shape index (κ2) is 45.1. The van der Waals surface area contributed by atoms with Gasteiger partial charge >= 0.3 is 17.9 Å². The Balaban J connectivity index is 4.41. The van der Waals surface area contributed by atoms with Crippen molar-refractivity contribution in [2.75, 3.05) is 13.2 Å². The Morgan fingerprint density at radius 1 is 0.357 bits per heavy atom. The van der Waals surface area contributed by atoms with Gasteiger partial charge in [-0.25, -0.2) is 0 Å². The van der Waals surface area contributed by atoms with Crippen LogP contribution in [0.3, 0.4) is 0 Å². The molecule has 0 aromatic rings. The number of carbonyl (C=O) groups is 3. The van der Waals surface area contributed by atoms with E-state index < -0.39 is 6.10 Å². The molecule has 1 unspecified atom stereocenters. The zero-order valence-corrected chi connectivity index (χ0v) is 36.9. The van der Waals surface area contributed by atoms with Crippen molar-refractivity contribution in [2.45, 2.75) is 239 Å². The van der Waals surface area contributed by atoms with Gasteiger partial charge < -0.3 is 14.2 Å². The smallest absolute Gasteiger partial charge is 0.306 e. The molecule has 6 heteroatoms. The Bertz CT molecular complexity index is 996. The van der Waals surface area contributed by atoms with Gasteiger partial charge in [0, 0.05) is 19.3 Å². The maximum absolute atomic E-state index is 12.7. The minimum Gasteiger partial charge on any atom is -0.462 e. The molecule has 1 atom stereocenters. The van der Waals surface area contributed by atoms with Gasteiger partial charge in [0.15, 0.2) is 6.10 Å². The topological polar surface area (TPSA) is 78.9 Å². The SMILES string of the molecule is CCC/C=C\C/C=C\CCCCCCCC(=O)OC(COC(=O)CCCCCCC/C=C\CCCC)COC(=O)CCCCCCC/C=C\CCCCCCC. The molecule has 0 aliphatic carbocycles. The van der Waals surface area contributed by atoms with Crippen molar-refractivity contribution < 1.29 is 28.6 Å². The summed E-state index contributed by atoms with van der Waals surface area (Å²) in [6.07, 6.45) is 52.3. The van der Waals surface area contributed by atoms with E-state index in [0.717, 1.165) is 103 Å². The first kappa shape index (κ1) is 53.4. The van der Waals surface area contributed by atoms with Gasteiger partial charge in [-0.1, -0.05) is 172 Å². The third kappa shape index (κ3) is 42.5. The first-order chi connectivity index (χ1) is 27.5. The van der Waals surface area contributed by atoms with Gasteiger partial charge in [0.05, 0.1) is 0 Å². The molecule has 0 fully saturated rings. The van der Waals surface area contributed by atoms with Crippen molar-refractivity contribution >= 4 is 17.9 Å². The minimum atomic E-state index is -0.784. The van der Waals surface area contributed by atoms with Crippen LogP contribution >= 0.6 is 0 Å². The number of hydrogen-bond acceptors (Lipinski definition) is 6. The molecule has 0 saturated heterocycles. The maximum Gasteiger partial charge on any atom is 0.306 e. The van der Waals surface area contributed by atoms with Gasteiger partial charge in [-0.15, -0.1) is 0 Å². The summed E-state index contributed by atoms with van der Waals surface area (Å²) in [6, 6.07) is 0. The van der Waals surface area contributed by atoms with Crippen LogP contribution in [0.1, 0.15) is 233 Å². The Hall–Kier alpha value is -2.63. The maximum atomic E-state index is 12.7. The van der Waals surface area contributed by atoms with Crippen LogP contribution in [0.2, 0.25) is 0 Å². The Morgan fingerprint density at radius 3 is 1.12 bits per heavy atom. The second-order valence-corrected chi connectivity index (χ2v) is 15.7. The third-order valence-corrected chi connectivity index (χ3v) is 10.0. The lowest BCUT2D eigenvalue weighted by atomic mass is 10.1. The summed E-state index contributed by atoms with van der Waals surface area (Å²) in [5, 5.41) is 0.